The van der Waals surface area contributed by atoms with Crippen molar-refractivity contribution in [2.24, 2.45) is 0 Å². The Morgan fingerprint density at radius 3 is 2.44 bits per heavy atom. The van der Waals surface area contributed by atoms with Crippen molar-refractivity contribution in [3.05, 3.63) is 0 Å². The molecule has 0 saturated carbocycles. The van der Waals surface area contributed by atoms with Gasteiger partial charge < -0.3 is 4.74 Å². The average molecular weight is 246 g/mol. The maximum absolute atomic E-state index is 11.5. The zero-order chi connectivity index (χ0) is 12.6. The van der Waals surface area contributed by atoms with Gasteiger partial charge in [-0.3, -0.25) is 4.79 Å². The molecule has 0 spiro atoms. The summed E-state index contributed by atoms with van der Waals surface area (Å²) in [5.41, 5.74) is -0.357. The molecule has 0 aliphatic carbocycles. The fourth-order valence-electron chi connectivity index (χ4n) is 1.31. The zero-order valence-electron chi connectivity index (χ0n) is 11.3. The number of unbranched alkanes of at least 4 members (excludes halogenated alkanes) is 2. The Hall–Kier alpha value is -0.180. The van der Waals surface area contributed by atoms with Gasteiger partial charge in [0, 0.05) is 5.25 Å². The first kappa shape index (κ1) is 15.8. The Balaban J connectivity index is 3.62. The number of rotatable bonds is 7. The van der Waals surface area contributed by atoms with Gasteiger partial charge in [0.05, 0.1) is 6.42 Å². The maximum atomic E-state index is 11.5. The van der Waals surface area contributed by atoms with Gasteiger partial charge >= 0.3 is 5.97 Å². The molecule has 0 fully saturated rings. The molecule has 0 heterocycles. The lowest BCUT2D eigenvalue weighted by Crippen LogP contribution is -2.25. The van der Waals surface area contributed by atoms with E-state index < -0.39 is 0 Å². The fourth-order valence-corrected chi connectivity index (χ4v) is 2.34. The van der Waals surface area contributed by atoms with Crippen LogP contribution < -0.4 is 0 Å². The van der Waals surface area contributed by atoms with E-state index in [0.717, 1.165) is 5.75 Å². The molecular formula is C13H26O2S. The highest BCUT2D eigenvalue weighted by molar-refractivity contribution is 7.99. The van der Waals surface area contributed by atoms with Gasteiger partial charge in [0.15, 0.2) is 0 Å². The standard InChI is InChI=1S/C13H26O2S/c1-6-7-8-9-16-11(2)10-12(14)15-13(3,4)5/h11H,6-10H2,1-5H3/t11-/m0/s1. The lowest BCUT2D eigenvalue weighted by atomic mass is 10.2. The van der Waals surface area contributed by atoms with Crippen LogP contribution in [0.1, 0.15) is 60.3 Å². The van der Waals surface area contributed by atoms with Crippen molar-refractivity contribution < 1.29 is 9.53 Å². The van der Waals surface area contributed by atoms with E-state index in [1.807, 2.05) is 32.5 Å². The first-order chi connectivity index (χ1) is 7.35. The number of carbonyl (C=O) groups is 1. The molecule has 0 bridgehead atoms. The summed E-state index contributed by atoms with van der Waals surface area (Å²) in [4.78, 5) is 11.5. The van der Waals surface area contributed by atoms with Gasteiger partial charge in [-0.15, -0.1) is 0 Å². The quantitative estimate of drug-likeness (QED) is 0.501. The second kappa shape index (κ2) is 7.99. The highest BCUT2D eigenvalue weighted by Crippen LogP contribution is 2.18. The molecule has 0 unspecified atom stereocenters. The Morgan fingerprint density at radius 2 is 1.94 bits per heavy atom. The van der Waals surface area contributed by atoms with E-state index in [2.05, 4.69) is 13.8 Å². The lowest BCUT2D eigenvalue weighted by molar-refractivity contribution is -0.154. The van der Waals surface area contributed by atoms with Crippen molar-refractivity contribution in [3.8, 4) is 0 Å². The van der Waals surface area contributed by atoms with Crippen LogP contribution in [0.25, 0.3) is 0 Å². The molecular weight excluding hydrogens is 220 g/mol. The first-order valence-electron chi connectivity index (χ1n) is 6.18. The van der Waals surface area contributed by atoms with E-state index in [4.69, 9.17) is 4.74 Å². The Labute approximate surface area is 105 Å². The molecule has 0 N–H and O–H groups in total. The molecule has 0 aromatic carbocycles. The second-order valence-corrected chi connectivity index (χ2v) is 6.73. The largest absolute Gasteiger partial charge is 0.460 e. The number of thioether (sulfide) groups is 1. The van der Waals surface area contributed by atoms with Crippen molar-refractivity contribution in [1.29, 1.82) is 0 Å². The monoisotopic (exact) mass is 246 g/mol. The third-order valence-electron chi connectivity index (χ3n) is 2.02. The summed E-state index contributed by atoms with van der Waals surface area (Å²) in [7, 11) is 0. The van der Waals surface area contributed by atoms with E-state index in [9.17, 15) is 4.79 Å². The van der Waals surface area contributed by atoms with Gasteiger partial charge in [-0.25, -0.2) is 0 Å². The molecule has 0 amide bonds. The van der Waals surface area contributed by atoms with Crippen LogP contribution in [0.15, 0.2) is 0 Å². The summed E-state index contributed by atoms with van der Waals surface area (Å²) in [6.45, 7) is 10.0. The van der Waals surface area contributed by atoms with E-state index >= 15 is 0 Å². The van der Waals surface area contributed by atoms with Crippen LogP contribution in [0.3, 0.4) is 0 Å². The average Bonchev–Trinajstić information content (AvgIpc) is 2.09. The Kier molecular flexibility index (Phi) is 7.90. The number of hydrogen-bond acceptors (Lipinski definition) is 3. The van der Waals surface area contributed by atoms with Crippen molar-refractivity contribution >= 4 is 17.7 Å². The smallest absolute Gasteiger partial charge is 0.307 e. The Morgan fingerprint density at radius 1 is 1.31 bits per heavy atom. The number of carbonyl (C=O) groups excluding carboxylic acids is 1. The summed E-state index contributed by atoms with van der Waals surface area (Å²) in [5.74, 6) is 1.07. The van der Waals surface area contributed by atoms with Gasteiger partial charge in [-0.1, -0.05) is 26.7 Å². The summed E-state index contributed by atoms with van der Waals surface area (Å²) in [5, 5.41) is 0.367. The predicted octanol–water partition coefficient (Wildman–Crippen LogP) is 4.03. The molecule has 0 radical (unpaired) electrons. The third kappa shape index (κ3) is 10.3. The second-order valence-electron chi connectivity index (χ2n) is 5.18. The van der Waals surface area contributed by atoms with Crippen LogP contribution in [0.4, 0.5) is 0 Å². The van der Waals surface area contributed by atoms with Crippen molar-refractivity contribution in [2.75, 3.05) is 5.75 Å². The zero-order valence-corrected chi connectivity index (χ0v) is 12.2. The van der Waals surface area contributed by atoms with Gasteiger partial charge in [-0.2, -0.15) is 11.8 Å². The van der Waals surface area contributed by atoms with Crippen LogP contribution in [-0.2, 0) is 9.53 Å². The maximum Gasteiger partial charge on any atom is 0.307 e. The SMILES string of the molecule is CCCCCS[C@@H](C)CC(=O)OC(C)(C)C. The van der Waals surface area contributed by atoms with Crippen molar-refractivity contribution in [1.82, 2.24) is 0 Å². The van der Waals surface area contributed by atoms with Gasteiger partial charge in [0.2, 0.25) is 0 Å². The van der Waals surface area contributed by atoms with E-state index in [0.29, 0.717) is 11.7 Å². The van der Waals surface area contributed by atoms with Gasteiger partial charge in [0.1, 0.15) is 5.60 Å². The first-order valence-corrected chi connectivity index (χ1v) is 7.23. The highest BCUT2D eigenvalue weighted by atomic mass is 32.2. The molecule has 16 heavy (non-hydrogen) atoms. The topological polar surface area (TPSA) is 26.3 Å². The third-order valence-corrected chi connectivity index (χ3v) is 3.28. The molecule has 0 rings (SSSR count). The number of ether oxygens (including phenoxy) is 1. The van der Waals surface area contributed by atoms with E-state index in [1.54, 1.807) is 0 Å². The summed E-state index contributed by atoms with van der Waals surface area (Å²) in [6, 6.07) is 0. The van der Waals surface area contributed by atoms with Crippen LogP contribution in [0.5, 0.6) is 0 Å². The predicted molar refractivity (Wildman–Crippen MR) is 71.9 cm³/mol. The van der Waals surface area contributed by atoms with Gasteiger partial charge in [-0.05, 0) is 32.9 Å². The minimum atomic E-state index is -0.357. The van der Waals surface area contributed by atoms with Crippen LogP contribution >= 0.6 is 11.8 Å². The highest BCUT2D eigenvalue weighted by Gasteiger charge is 2.18. The van der Waals surface area contributed by atoms with Crippen molar-refractivity contribution in [2.45, 2.75) is 71.2 Å². The molecule has 0 aromatic rings. The fraction of sp³-hybridized carbons (Fsp3) is 0.923. The number of hydrogen-bond donors (Lipinski definition) is 0. The van der Waals surface area contributed by atoms with E-state index in [-0.39, 0.29) is 11.6 Å². The molecule has 1 atom stereocenters. The Bertz CT molecular complexity index is 197. The van der Waals surface area contributed by atoms with Crippen LogP contribution in [-0.4, -0.2) is 22.6 Å². The van der Waals surface area contributed by atoms with E-state index in [1.165, 1.54) is 19.3 Å². The molecule has 0 aliphatic heterocycles. The molecule has 2 nitrogen and oxygen atoms in total. The molecule has 0 aliphatic rings. The van der Waals surface area contributed by atoms with Crippen LogP contribution in [0.2, 0.25) is 0 Å². The minimum Gasteiger partial charge on any atom is -0.460 e. The van der Waals surface area contributed by atoms with Gasteiger partial charge in [0.25, 0.3) is 0 Å². The van der Waals surface area contributed by atoms with Crippen molar-refractivity contribution in [3.63, 3.8) is 0 Å². The molecule has 3 heteroatoms. The molecule has 96 valence electrons. The summed E-state index contributed by atoms with van der Waals surface area (Å²) in [6.07, 6.45) is 4.31. The summed E-state index contributed by atoms with van der Waals surface area (Å²) >= 11 is 1.87. The normalized spacial score (nSPS) is 13.6. The lowest BCUT2D eigenvalue weighted by Gasteiger charge is -2.20. The van der Waals surface area contributed by atoms with Crippen LogP contribution in [0, 0.1) is 0 Å². The molecule has 0 saturated heterocycles. The summed E-state index contributed by atoms with van der Waals surface area (Å²) < 4.78 is 5.28. The number of esters is 1. The molecule has 0 aromatic heterocycles. The minimum absolute atomic E-state index is 0.0806.